The van der Waals surface area contributed by atoms with Gasteiger partial charge in [0.05, 0.1) is 5.75 Å². The highest BCUT2D eigenvalue weighted by atomic mass is 35.7. The molecule has 14 heavy (non-hydrogen) atoms. The molecule has 0 radical (unpaired) electrons. The van der Waals surface area contributed by atoms with E-state index in [1.807, 2.05) is 6.92 Å². The molecule has 0 bridgehead atoms. The van der Waals surface area contributed by atoms with Crippen molar-refractivity contribution < 1.29 is 8.42 Å². The Morgan fingerprint density at radius 2 is 2.07 bits per heavy atom. The highest BCUT2D eigenvalue weighted by Gasteiger charge is 2.08. The summed E-state index contributed by atoms with van der Waals surface area (Å²) in [7, 11) is 1.67. The average molecular weight is 235 g/mol. The molecule has 1 rings (SSSR count). The smallest absolute Gasteiger partial charge is 0.232 e. The molecule has 0 atom stereocenters. The zero-order valence-corrected chi connectivity index (χ0v) is 9.56. The van der Waals surface area contributed by atoms with Crippen molar-refractivity contribution in [3.8, 4) is 0 Å². The maximum Gasteiger partial charge on any atom is 0.232 e. The Morgan fingerprint density at radius 3 is 2.57 bits per heavy atom. The molecule has 0 amide bonds. The zero-order chi connectivity index (χ0) is 10.8. The molecule has 0 spiro atoms. The van der Waals surface area contributed by atoms with Crippen LogP contribution in [0.2, 0.25) is 0 Å². The molecular weight excluding hydrogens is 224 g/mol. The van der Waals surface area contributed by atoms with Gasteiger partial charge in [-0.1, -0.05) is 0 Å². The van der Waals surface area contributed by atoms with Gasteiger partial charge in [-0.3, -0.25) is 0 Å². The standard InChI is InChI=1S/C8H11ClN2O2S/c1-6-8(3-4-14(9,12)13)5-10-7(2)11-6/h5H,3-4H2,1-2H3. The van der Waals surface area contributed by atoms with Crippen molar-refractivity contribution in [1.82, 2.24) is 9.97 Å². The Hall–Kier alpha value is -0.680. The third-order valence-corrected chi connectivity index (χ3v) is 2.97. The van der Waals surface area contributed by atoms with E-state index in [0.717, 1.165) is 11.3 Å². The number of aromatic nitrogens is 2. The first-order chi connectivity index (χ1) is 6.38. The second-order valence-electron chi connectivity index (χ2n) is 3.02. The Kier molecular flexibility index (Phi) is 3.44. The maximum absolute atomic E-state index is 10.7. The largest absolute Gasteiger partial charge is 0.241 e. The van der Waals surface area contributed by atoms with Gasteiger partial charge in [-0.15, -0.1) is 0 Å². The molecule has 0 unspecified atom stereocenters. The van der Waals surface area contributed by atoms with E-state index < -0.39 is 9.05 Å². The number of aryl methyl sites for hydroxylation is 3. The molecule has 0 saturated carbocycles. The molecule has 0 aliphatic rings. The van der Waals surface area contributed by atoms with E-state index in [1.54, 1.807) is 13.1 Å². The van der Waals surface area contributed by atoms with Crippen LogP contribution in [0.25, 0.3) is 0 Å². The molecule has 1 aromatic rings. The van der Waals surface area contributed by atoms with Gasteiger partial charge >= 0.3 is 0 Å². The lowest BCUT2D eigenvalue weighted by molar-refractivity contribution is 0.608. The highest BCUT2D eigenvalue weighted by Crippen LogP contribution is 2.07. The number of rotatable bonds is 3. The minimum Gasteiger partial charge on any atom is -0.241 e. The molecular formula is C8H11ClN2O2S. The Balaban J connectivity index is 2.78. The van der Waals surface area contributed by atoms with Crippen LogP contribution in [-0.2, 0) is 15.5 Å². The van der Waals surface area contributed by atoms with Crippen molar-refractivity contribution in [1.29, 1.82) is 0 Å². The zero-order valence-electron chi connectivity index (χ0n) is 7.99. The van der Waals surface area contributed by atoms with Gasteiger partial charge in [-0.2, -0.15) is 0 Å². The lowest BCUT2D eigenvalue weighted by atomic mass is 10.2. The van der Waals surface area contributed by atoms with E-state index in [2.05, 4.69) is 9.97 Å². The molecule has 78 valence electrons. The topological polar surface area (TPSA) is 59.9 Å². The minimum absolute atomic E-state index is 0.0815. The van der Waals surface area contributed by atoms with Crippen molar-refractivity contribution in [2.24, 2.45) is 0 Å². The van der Waals surface area contributed by atoms with Gasteiger partial charge in [-0.25, -0.2) is 18.4 Å². The quantitative estimate of drug-likeness (QED) is 0.738. The van der Waals surface area contributed by atoms with Gasteiger partial charge in [0, 0.05) is 22.6 Å². The second-order valence-corrected chi connectivity index (χ2v) is 5.92. The molecule has 4 nitrogen and oxygen atoms in total. The van der Waals surface area contributed by atoms with Crippen LogP contribution in [0.5, 0.6) is 0 Å². The average Bonchev–Trinajstić information content (AvgIpc) is 2.00. The van der Waals surface area contributed by atoms with E-state index in [-0.39, 0.29) is 5.75 Å². The SMILES string of the molecule is Cc1ncc(CCS(=O)(=O)Cl)c(C)n1. The van der Waals surface area contributed by atoms with E-state index in [4.69, 9.17) is 10.7 Å². The first kappa shape index (κ1) is 11.4. The van der Waals surface area contributed by atoms with Crippen molar-refractivity contribution in [2.45, 2.75) is 20.3 Å². The van der Waals surface area contributed by atoms with Gasteiger partial charge in [0.25, 0.3) is 0 Å². The Morgan fingerprint density at radius 1 is 1.43 bits per heavy atom. The molecule has 0 N–H and O–H groups in total. The molecule has 0 saturated heterocycles. The van der Waals surface area contributed by atoms with Crippen molar-refractivity contribution in [3.05, 3.63) is 23.3 Å². The number of nitrogens with zero attached hydrogens (tertiary/aromatic N) is 2. The van der Waals surface area contributed by atoms with Crippen molar-refractivity contribution in [2.75, 3.05) is 5.75 Å². The van der Waals surface area contributed by atoms with Crippen LogP contribution in [0, 0.1) is 13.8 Å². The summed E-state index contributed by atoms with van der Waals surface area (Å²) in [5.74, 6) is 0.599. The van der Waals surface area contributed by atoms with Gasteiger partial charge in [-0.05, 0) is 25.8 Å². The molecule has 6 heteroatoms. The van der Waals surface area contributed by atoms with E-state index in [0.29, 0.717) is 12.2 Å². The number of hydrogen-bond donors (Lipinski definition) is 0. The summed E-state index contributed by atoms with van der Waals surface area (Å²) < 4.78 is 21.4. The van der Waals surface area contributed by atoms with Gasteiger partial charge in [0.15, 0.2) is 0 Å². The summed E-state index contributed by atoms with van der Waals surface area (Å²) in [6.45, 7) is 3.61. The van der Waals surface area contributed by atoms with Crippen molar-refractivity contribution >= 4 is 19.7 Å². The van der Waals surface area contributed by atoms with Crippen molar-refractivity contribution in [3.63, 3.8) is 0 Å². The fourth-order valence-electron chi connectivity index (χ4n) is 1.09. The third kappa shape index (κ3) is 3.59. The molecule has 0 aliphatic heterocycles. The van der Waals surface area contributed by atoms with E-state index >= 15 is 0 Å². The van der Waals surface area contributed by atoms with E-state index in [9.17, 15) is 8.42 Å². The minimum atomic E-state index is -3.43. The predicted octanol–water partition coefficient (Wildman–Crippen LogP) is 1.20. The summed E-state index contributed by atoms with van der Waals surface area (Å²) in [5, 5.41) is 0. The molecule has 1 heterocycles. The van der Waals surface area contributed by atoms with Crippen LogP contribution in [0.1, 0.15) is 17.1 Å². The van der Waals surface area contributed by atoms with Crippen LogP contribution >= 0.6 is 10.7 Å². The summed E-state index contributed by atoms with van der Waals surface area (Å²) >= 11 is 0. The van der Waals surface area contributed by atoms with Gasteiger partial charge in [0.1, 0.15) is 5.82 Å². The highest BCUT2D eigenvalue weighted by molar-refractivity contribution is 8.13. The first-order valence-electron chi connectivity index (χ1n) is 4.10. The molecule has 0 fully saturated rings. The molecule has 0 aromatic carbocycles. The normalized spacial score (nSPS) is 11.6. The molecule has 1 aromatic heterocycles. The monoisotopic (exact) mass is 234 g/mol. The van der Waals surface area contributed by atoms with Crippen LogP contribution in [-0.4, -0.2) is 24.1 Å². The summed E-state index contributed by atoms with van der Waals surface area (Å²) in [6, 6.07) is 0. The first-order valence-corrected chi connectivity index (χ1v) is 6.58. The number of hydrogen-bond acceptors (Lipinski definition) is 4. The Bertz CT molecular complexity index is 431. The maximum atomic E-state index is 10.7. The van der Waals surface area contributed by atoms with Gasteiger partial charge in [0.2, 0.25) is 9.05 Å². The summed E-state index contributed by atoms with van der Waals surface area (Å²) in [4.78, 5) is 8.12. The fourth-order valence-corrected chi connectivity index (χ4v) is 1.78. The Labute approximate surface area is 87.8 Å². The van der Waals surface area contributed by atoms with Crippen LogP contribution in [0.15, 0.2) is 6.20 Å². The second kappa shape index (κ2) is 4.23. The van der Waals surface area contributed by atoms with Crippen LogP contribution in [0.3, 0.4) is 0 Å². The lowest BCUT2D eigenvalue weighted by Crippen LogP contribution is -2.05. The van der Waals surface area contributed by atoms with Gasteiger partial charge < -0.3 is 0 Å². The summed E-state index contributed by atoms with van der Waals surface area (Å²) in [6.07, 6.45) is 2.00. The van der Waals surface area contributed by atoms with Crippen LogP contribution < -0.4 is 0 Å². The molecule has 0 aliphatic carbocycles. The predicted molar refractivity (Wildman–Crippen MR) is 54.8 cm³/mol. The third-order valence-electron chi connectivity index (χ3n) is 1.82. The van der Waals surface area contributed by atoms with E-state index in [1.165, 1.54) is 0 Å². The lowest BCUT2D eigenvalue weighted by Gasteiger charge is -2.03. The van der Waals surface area contributed by atoms with Crippen LogP contribution in [0.4, 0.5) is 0 Å². The summed E-state index contributed by atoms with van der Waals surface area (Å²) in [5.41, 5.74) is 1.62. The fraction of sp³-hybridized carbons (Fsp3) is 0.500. The number of halogens is 1.